The van der Waals surface area contributed by atoms with Crippen molar-refractivity contribution in [3.63, 3.8) is 0 Å². The topological polar surface area (TPSA) is 45.4 Å². The lowest BCUT2D eigenvalue weighted by molar-refractivity contribution is 0.266. The van der Waals surface area contributed by atoms with E-state index >= 15 is 0 Å². The predicted octanol–water partition coefficient (Wildman–Crippen LogP) is 2.26. The van der Waals surface area contributed by atoms with Crippen molar-refractivity contribution in [2.45, 2.75) is 13.0 Å². The lowest BCUT2D eigenvalue weighted by Crippen LogP contribution is -2.34. The van der Waals surface area contributed by atoms with Crippen LogP contribution in [-0.4, -0.2) is 43.1 Å². The first-order chi connectivity index (χ1) is 9.04. The third-order valence-corrected chi connectivity index (χ3v) is 4.99. The zero-order valence-corrected chi connectivity index (χ0v) is 12.4. The highest BCUT2D eigenvalue weighted by atomic mass is 32.1. The van der Waals surface area contributed by atoms with Crippen molar-refractivity contribution in [3.05, 3.63) is 18.2 Å². The summed E-state index contributed by atoms with van der Waals surface area (Å²) in [5.41, 5.74) is 7.69. The molecule has 5 heteroatoms. The molecule has 2 heterocycles. The van der Waals surface area contributed by atoms with E-state index in [1.807, 2.05) is 18.2 Å². The molecule has 4 nitrogen and oxygen atoms in total. The Morgan fingerprint density at radius 3 is 2.84 bits per heavy atom. The first-order valence-electron chi connectivity index (χ1n) is 6.62. The van der Waals surface area contributed by atoms with E-state index in [-0.39, 0.29) is 0 Å². The smallest absolute Gasteiger partial charge is 0.186 e. The van der Waals surface area contributed by atoms with Crippen LogP contribution in [0.15, 0.2) is 18.2 Å². The molecular weight excluding hydrogens is 256 g/mol. The van der Waals surface area contributed by atoms with E-state index in [0.717, 1.165) is 29.4 Å². The molecule has 0 bridgehead atoms. The van der Waals surface area contributed by atoms with Gasteiger partial charge < -0.3 is 15.5 Å². The van der Waals surface area contributed by atoms with Gasteiger partial charge in [-0.2, -0.15) is 0 Å². The van der Waals surface area contributed by atoms with Crippen LogP contribution >= 0.6 is 11.3 Å². The molecule has 2 aromatic rings. The van der Waals surface area contributed by atoms with Gasteiger partial charge in [-0.1, -0.05) is 18.3 Å². The first kappa shape index (κ1) is 12.7. The van der Waals surface area contributed by atoms with Crippen molar-refractivity contribution >= 4 is 32.4 Å². The molecule has 1 aliphatic rings. The molecular formula is C14H20N4S. The molecule has 0 amide bonds. The van der Waals surface area contributed by atoms with Gasteiger partial charge in [0.05, 0.1) is 10.2 Å². The van der Waals surface area contributed by atoms with E-state index < -0.39 is 0 Å². The minimum Gasteiger partial charge on any atom is -0.399 e. The number of nitrogens with zero attached hydrogens (tertiary/aromatic N) is 3. The van der Waals surface area contributed by atoms with E-state index in [9.17, 15) is 0 Å². The van der Waals surface area contributed by atoms with Gasteiger partial charge in [-0.05, 0) is 38.2 Å². The van der Waals surface area contributed by atoms with Crippen molar-refractivity contribution in [2.24, 2.45) is 5.92 Å². The average molecular weight is 276 g/mol. The minimum absolute atomic E-state index is 0.608. The average Bonchev–Trinajstić information content (AvgIpc) is 2.91. The van der Waals surface area contributed by atoms with E-state index in [4.69, 9.17) is 10.7 Å². The third kappa shape index (κ3) is 2.28. The summed E-state index contributed by atoms with van der Waals surface area (Å²) in [5, 5.41) is 1.12. The number of aromatic nitrogens is 1. The molecule has 1 aromatic carbocycles. The Balaban J connectivity index is 1.89. The Hall–Kier alpha value is -1.33. The van der Waals surface area contributed by atoms with E-state index in [2.05, 4.69) is 30.8 Å². The molecule has 0 spiro atoms. The van der Waals surface area contributed by atoms with Crippen LogP contribution in [0.25, 0.3) is 10.2 Å². The van der Waals surface area contributed by atoms with Gasteiger partial charge in [0.25, 0.3) is 0 Å². The number of anilines is 2. The Morgan fingerprint density at radius 1 is 1.37 bits per heavy atom. The highest BCUT2D eigenvalue weighted by molar-refractivity contribution is 7.22. The van der Waals surface area contributed by atoms with Crippen LogP contribution in [0.3, 0.4) is 0 Å². The number of fused-ring (bicyclic) bond motifs is 1. The predicted molar refractivity (Wildman–Crippen MR) is 82.9 cm³/mol. The van der Waals surface area contributed by atoms with Crippen LogP contribution in [0.5, 0.6) is 0 Å². The van der Waals surface area contributed by atoms with Crippen LogP contribution < -0.4 is 10.6 Å². The van der Waals surface area contributed by atoms with Gasteiger partial charge in [-0.25, -0.2) is 4.98 Å². The van der Waals surface area contributed by atoms with Crippen molar-refractivity contribution in [1.82, 2.24) is 9.88 Å². The fourth-order valence-electron chi connectivity index (χ4n) is 2.84. The van der Waals surface area contributed by atoms with Crippen LogP contribution in [-0.2, 0) is 0 Å². The van der Waals surface area contributed by atoms with Gasteiger partial charge >= 0.3 is 0 Å². The summed E-state index contributed by atoms with van der Waals surface area (Å²) in [6.07, 6.45) is 0. The molecule has 1 fully saturated rings. The number of rotatable bonds is 2. The standard InChI is InChI=1S/C14H20N4S/c1-9-7-18(8-12(9)17(2)3)14-16-11-5-4-10(15)6-13(11)19-14/h4-6,9,12H,7-8,15H2,1-3H3. The zero-order valence-electron chi connectivity index (χ0n) is 11.6. The van der Waals surface area contributed by atoms with Crippen molar-refractivity contribution in [1.29, 1.82) is 0 Å². The lowest BCUT2D eigenvalue weighted by Gasteiger charge is -2.22. The summed E-state index contributed by atoms with van der Waals surface area (Å²) >= 11 is 1.74. The van der Waals surface area contributed by atoms with Crippen molar-refractivity contribution in [2.75, 3.05) is 37.8 Å². The van der Waals surface area contributed by atoms with Gasteiger partial charge in [0, 0.05) is 24.8 Å². The van der Waals surface area contributed by atoms with Crippen LogP contribution in [0.2, 0.25) is 0 Å². The monoisotopic (exact) mass is 276 g/mol. The maximum atomic E-state index is 5.83. The quantitative estimate of drug-likeness (QED) is 0.855. The van der Waals surface area contributed by atoms with Crippen molar-refractivity contribution < 1.29 is 0 Å². The fourth-order valence-corrected chi connectivity index (χ4v) is 3.87. The maximum Gasteiger partial charge on any atom is 0.186 e. The first-order valence-corrected chi connectivity index (χ1v) is 7.43. The lowest BCUT2D eigenvalue weighted by atomic mass is 10.1. The molecule has 1 saturated heterocycles. The number of likely N-dealkylation sites (N-methyl/N-ethyl adjacent to an activating group) is 1. The molecule has 3 rings (SSSR count). The Bertz CT molecular complexity index is 592. The SMILES string of the molecule is CC1CN(c2nc3ccc(N)cc3s2)CC1N(C)C. The third-order valence-electron chi connectivity index (χ3n) is 3.91. The highest BCUT2D eigenvalue weighted by Crippen LogP contribution is 2.33. The number of nitrogens with two attached hydrogens (primary N) is 1. The van der Waals surface area contributed by atoms with Crippen LogP contribution in [0, 0.1) is 5.92 Å². The van der Waals surface area contributed by atoms with E-state index in [1.54, 1.807) is 11.3 Å². The number of hydrogen-bond donors (Lipinski definition) is 1. The molecule has 2 N–H and O–H groups in total. The molecule has 0 saturated carbocycles. The molecule has 1 aromatic heterocycles. The summed E-state index contributed by atoms with van der Waals surface area (Å²) in [5.74, 6) is 0.673. The summed E-state index contributed by atoms with van der Waals surface area (Å²) in [7, 11) is 4.31. The summed E-state index contributed by atoms with van der Waals surface area (Å²) in [6.45, 7) is 4.46. The summed E-state index contributed by atoms with van der Waals surface area (Å²) in [6, 6.07) is 6.55. The molecule has 19 heavy (non-hydrogen) atoms. The van der Waals surface area contributed by atoms with Gasteiger partial charge in [-0.15, -0.1) is 0 Å². The van der Waals surface area contributed by atoms with Gasteiger partial charge in [0.2, 0.25) is 0 Å². The molecule has 1 aliphatic heterocycles. The Labute approximate surface area is 117 Å². The summed E-state index contributed by atoms with van der Waals surface area (Å²) in [4.78, 5) is 9.45. The Kier molecular flexibility index (Phi) is 3.11. The number of nitrogen functional groups attached to an aromatic ring is 1. The minimum atomic E-state index is 0.608. The second kappa shape index (κ2) is 4.65. The number of benzene rings is 1. The highest BCUT2D eigenvalue weighted by Gasteiger charge is 2.32. The van der Waals surface area contributed by atoms with Crippen molar-refractivity contribution in [3.8, 4) is 0 Å². The van der Waals surface area contributed by atoms with Gasteiger partial charge in [-0.3, -0.25) is 0 Å². The van der Waals surface area contributed by atoms with Gasteiger partial charge in [0.15, 0.2) is 5.13 Å². The van der Waals surface area contributed by atoms with Crippen LogP contribution in [0.1, 0.15) is 6.92 Å². The molecule has 2 unspecified atom stereocenters. The normalized spacial score (nSPS) is 23.7. The molecule has 2 atom stereocenters. The molecule has 0 aliphatic carbocycles. The van der Waals surface area contributed by atoms with E-state index in [0.29, 0.717) is 12.0 Å². The second-order valence-electron chi connectivity index (χ2n) is 5.64. The van der Waals surface area contributed by atoms with Gasteiger partial charge in [0.1, 0.15) is 0 Å². The fraction of sp³-hybridized carbons (Fsp3) is 0.500. The number of thiazole rings is 1. The van der Waals surface area contributed by atoms with E-state index in [1.165, 1.54) is 4.70 Å². The maximum absolute atomic E-state index is 5.83. The zero-order chi connectivity index (χ0) is 13.6. The summed E-state index contributed by atoms with van der Waals surface area (Å²) < 4.78 is 1.18. The van der Waals surface area contributed by atoms with Crippen LogP contribution in [0.4, 0.5) is 10.8 Å². The molecule has 102 valence electrons. The second-order valence-corrected chi connectivity index (χ2v) is 6.65. The Morgan fingerprint density at radius 2 is 2.16 bits per heavy atom. The molecule has 0 radical (unpaired) electrons. The number of hydrogen-bond acceptors (Lipinski definition) is 5. The largest absolute Gasteiger partial charge is 0.399 e.